The number of rotatable bonds is 7. The van der Waals surface area contributed by atoms with E-state index in [0.717, 1.165) is 50.9 Å². The Hall–Kier alpha value is -0.570. The van der Waals surface area contributed by atoms with Gasteiger partial charge in [-0.3, -0.25) is 9.79 Å². The first-order valence-electron chi connectivity index (χ1n) is 10.2. The Labute approximate surface area is 176 Å². The molecule has 2 fully saturated rings. The second-order valence-electron chi connectivity index (χ2n) is 7.53. The Kier molecular flexibility index (Phi) is 11.5. The van der Waals surface area contributed by atoms with Gasteiger partial charge in [0, 0.05) is 32.6 Å². The molecule has 0 aromatic rings. The molecule has 0 aliphatic carbocycles. The highest BCUT2D eigenvalue weighted by molar-refractivity contribution is 14.0. The summed E-state index contributed by atoms with van der Waals surface area (Å²) in [5.41, 5.74) is 5.38. The lowest BCUT2D eigenvalue weighted by Gasteiger charge is -2.35. The van der Waals surface area contributed by atoms with Gasteiger partial charge in [0.1, 0.15) is 0 Å². The van der Waals surface area contributed by atoms with E-state index in [1.807, 2.05) is 0 Å². The van der Waals surface area contributed by atoms with Gasteiger partial charge in [-0.05, 0) is 70.5 Å². The summed E-state index contributed by atoms with van der Waals surface area (Å²) in [6.45, 7) is 11.7. The zero-order valence-electron chi connectivity index (χ0n) is 16.6. The molecular weight excluding hydrogens is 441 g/mol. The average Bonchev–Trinajstić information content (AvgIpc) is 2.61. The molecule has 0 aromatic heterocycles. The first kappa shape index (κ1) is 23.5. The van der Waals surface area contributed by atoms with Gasteiger partial charge in [-0.2, -0.15) is 0 Å². The van der Waals surface area contributed by atoms with Gasteiger partial charge in [0.25, 0.3) is 0 Å². The highest BCUT2D eigenvalue weighted by Gasteiger charge is 2.24. The van der Waals surface area contributed by atoms with Crippen molar-refractivity contribution in [2.75, 3.05) is 45.8 Å². The highest BCUT2D eigenvalue weighted by atomic mass is 127. The number of aliphatic imine (C=N–C) groups is 1. The van der Waals surface area contributed by atoms with Crippen molar-refractivity contribution in [1.29, 1.82) is 0 Å². The van der Waals surface area contributed by atoms with Crippen molar-refractivity contribution in [1.82, 2.24) is 15.1 Å². The number of guanidine groups is 1. The van der Waals surface area contributed by atoms with Crippen LogP contribution in [0.25, 0.3) is 0 Å². The van der Waals surface area contributed by atoms with Crippen LogP contribution in [0, 0.1) is 11.8 Å². The predicted octanol–water partition coefficient (Wildman–Crippen LogP) is 2.28. The fourth-order valence-electron chi connectivity index (χ4n) is 4.08. The number of hydrogen-bond acceptors (Lipinski definition) is 3. The number of halogens is 1. The topological polar surface area (TPSA) is 74.0 Å². The van der Waals surface area contributed by atoms with Gasteiger partial charge in [0.15, 0.2) is 5.96 Å². The number of carbonyl (C=O) groups excluding carboxylic acids is 1. The summed E-state index contributed by atoms with van der Waals surface area (Å²) < 4.78 is 0. The van der Waals surface area contributed by atoms with E-state index < -0.39 is 0 Å². The van der Waals surface area contributed by atoms with E-state index in [2.05, 4.69) is 29.0 Å². The number of likely N-dealkylation sites (tertiary alicyclic amines) is 2. The van der Waals surface area contributed by atoms with Gasteiger partial charge in [0.2, 0.25) is 5.91 Å². The molecule has 6 nitrogen and oxygen atoms in total. The normalized spacial score (nSPS) is 22.8. The minimum absolute atomic E-state index is 0. The third-order valence-corrected chi connectivity index (χ3v) is 5.60. The van der Waals surface area contributed by atoms with E-state index in [-0.39, 0.29) is 29.9 Å². The maximum absolute atomic E-state index is 11.2. The molecule has 152 valence electrons. The smallest absolute Gasteiger partial charge is 0.217 e. The molecule has 0 bridgehead atoms. The first-order chi connectivity index (χ1) is 12.1. The Bertz CT molecular complexity index is 438. The summed E-state index contributed by atoms with van der Waals surface area (Å²) in [5.74, 6) is 2.02. The monoisotopic (exact) mass is 479 g/mol. The quantitative estimate of drug-likeness (QED) is 0.334. The zero-order chi connectivity index (χ0) is 18.1. The van der Waals surface area contributed by atoms with Crippen LogP contribution in [0.1, 0.15) is 52.4 Å². The van der Waals surface area contributed by atoms with E-state index in [1.165, 1.54) is 38.9 Å². The Morgan fingerprint density at radius 2 is 1.88 bits per heavy atom. The molecule has 2 heterocycles. The van der Waals surface area contributed by atoms with Crippen LogP contribution < -0.4 is 11.1 Å². The second-order valence-corrected chi connectivity index (χ2v) is 7.53. The molecule has 2 aliphatic rings. The molecule has 0 radical (unpaired) electrons. The van der Waals surface area contributed by atoms with Crippen LogP contribution in [-0.4, -0.2) is 67.5 Å². The van der Waals surface area contributed by atoms with E-state index >= 15 is 0 Å². The largest absolute Gasteiger partial charge is 0.370 e. The molecule has 2 saturated heterocycles. The average molecular weight is 479 g/mol. The number of nitrogens with zero attached hydrogens (tertiary/aromatic N) is 3. The second kappa shape index (κ2) is 12.8. The minimum atomic E-state index is -0.188. The molecule has 3 N–H and O–H groups in total. The zero-order valence-corrected chi connectivity index (χ0v) is 18.9. The van der Waals surface area contributed by atoms with Crippen LogP contribution in [0.15, 0.2) is 4.99 Å². The molecule has 26 heavy (non-hydrogen) atoms. The molecule has 1 amide bonds. The molecule has 1 unspecified atom stereocenters. The molecule has 0 aromatic carbocycles. The number of carbonyl (C=O) groups is 1. The fourth-order valence-corrected chi connectivity index (χ4v) is 4.08. The molecule has 0 spiro atoms. The van der Waals surface area contributed by atoms with Gasteiger partial charge in [-0.1, -0.05) is 6.92 Å². The molecule has 2 rings (SSSR count). The van der Waals surface area contributed by atoms with Gasteiger partial charge in [0.05, 0.1) is 0 Å². The maximum Gasteiger partial charge on any atom is 0.217 e. The number of nitrogens with two attached hydrogens (primary N) is 1. The fraction of sp³-hybridized carbons (Fsp3) is 0.895. The Morgan fingerprint density at radius 1 is 1.15 bits per heavy atom. The molecule has 2 aliphatic heterocycles. The van der Waals surface area contributed by atoms with Crippen molar-refractivity contribution in [3.05, 3.63) is 0 Å². The highest BCUT2D eigenvalue weighted by Crippen LogP contribution is 2.21. The predicted molar refractivity (Wildman–Crippen MR) is 119 cm³/mol. The molecule has 7 heteroatoms. The van der Waals surface area contributed by atoms with Gasteiger partial charge < -0.3 is 20.9 Å². The van der Waals surface area contributed by atoms with Crippen molar-refractivity contribution in [2.45, 2.75) is 52.4 Å². The van der Waals surface area contributed by atoms with Crippen molar-refractivity contribution in [3.8, 4) is 0 Å². The number of amides is 1. The summed E-state index contributed by atoms with van der Waals surface area (Å²) in [7, 11) is 0. The van der Waals surface area contributed by atoms with Crippen LogP contribution in [-0.2, 0) is 4.79 Å². The number of piperidine rings is 2. The van der Waals surface area contributed by atoms with Crippen molar-refractivity contribution >= 4 is 35.8 Å². The van der Waals surface area contributed by atoms with E-state index in [1.54, 1.807) is 0 Å². The Morgan fingerprint density at radius 3 is 2.50 bits per heavy atom. The number of hydrogen-bond donors (Lipinski definition) is 2. The van der Waals surface area contributed by atoms with Crippen molar-refractivity contribution < 1.29 is 4.79 Å². The maximum atomic E-state index is 11.2. The van der Waals surface area contributed by atoms with E-state index in [9.17, 15) is 4.79 Å². The molecular formula is C19H38IN5O. The first-order valence-corrected chi connectivity index (χ1v) is 10.2. The van der Waals surface area contributed by atoms with Crippen LogP contribution in [0.5, 0.6) is 0 Å². The van der Waals surface area contributed by atoms with Crippen LogP contribution >= 0.6 is 24.0 Å². The molecule has 1 atom stereocenters. The lowest BCUT2D eigenvalue weighted by atomic mass is 9.93. The number of primary amides is 1. The summed E-state index contributed by atoms with van der Waals surface area (Å²) >= 11 is 0. The van der Waals surface area contributed by atoms with Crippen molar-refractivity contribution in [3.63, 3.8) is 0 Å². The number of nitrogens with one attached hydrogen (secondary N) is 1. The van der Waals surface area contributed by atoms with Crippen molar-refractivity contribution in [2.24, 2.45) is 22.6 Å². The standard InChI is InChI=1S/C19H37N5O.HI/c1-3-21-19(24-11-5-6-17(15-24)14-18(20)25)22-10-7-16-8-12-23(4-2)13-9-16;/h16-17H,3-15H2,1-2H3,(H2,20,25)(H,21,22);1H. The van der Waals surface area contributed by atoms with Crippen LogP contribution in [0.4, 0.5) is 0 Å². The van der Waals surface area contributed by atoms with Gasteiger partial charge in [-0.15, -0.1) is 24.0 Å². The summed E-state index contributed by atoms with van der Waals surface area (Å²) in [6, 6.07) is 0. The third-order valence-electron chi connectivity index (χ3n) is 5.60. The Balaban J connectivity index is 0.00000338. The van der Waals surface area contributed by atoms with Crippen LogP contribution in [0.3, 0.4) is 0 Å². The summed E-state index contributed by atoms with van der Waals surface area (Å²) in [5, 5.41) is 3.43. The van der Waals surface area contributed by atoms with E-state index in [0.29, 0.717) is 12.3 Å². The SMILES string of the molecule is CCNC(=NCCC1CCN(CC)CC1)N1CCCC(CC(N)=O)C1.I. The van der Waals surface area contributed by atoms with E-state index in [4.69, 9.17) is 10.7 Å². The van der Waals surface area contributed by atoms with Crippen LogP contribution in [0.2, 0.25) is 0 Å². The minimum Gasteiger partial charge on any atom is -0.370 e. The van der Waals surface area contributed by atoms with Gasteiger partial charge >= 0.3 is 0 Å². The van der Waals surface area contributed by atoms with Gasteiger partial charge in [-0.25, -0.2) is 0 Å². The summed E-state index contributed by atoms with van der Waals surface area (Å²) in [4.78, 5) is 21.0. The third kappa shape index (κ3) is 7.98. The molecule has 0 saturated carbocycles. The lowest BCUT2D eigenvalue weighted by molar-refractivity contribution is -0.119. The lowest BCUT2D eigenvalue weighted by Crippen LogP contribution is -2.47. The summed E-state index contributed by atoms with van der Waals surface area (Å²) in [6.07, 6.45) is 6.50.